The maximum Gasteiger partial charge on any atom is 0.223 e. The standard InChI is InChI=1S/C13H25NO/c1-5-14-13(15)12-8-10(4)6-7-11(12)9(2)3/h9-12H,5-8H2,1-4H3,(H,14,15)/t10?,11-,12+/m0/s1. The molecule has 1 saturated carbocycles. The van der Waals surface area contributed by atoms with Crippen LogP contribution in [0.25, 0.3) is 0 Å². The molecule has 0 aliphatic heterocycles. The van der Waals surface area contributed by atoms with Crippen LogP contribution in [0.2, 0.25) is 0 Å². The van der Waals surface area contributed by atoms with Gasteiger partial charge in [0.2, 0.25) is 5.91 Å². The van der Waals surface area contributed by atoms with Crippen molar-refractivity contribution in [3.05, 3.63) is 0 Å². The number of hydrogen-bond acceptors (Lipinski definition) is 1. The van der Waals surface area contributed by atoms with Gasteiger partial charge in [0, 0.05) is 12.5 Å². The molecule has 15 heavy (non-hydrogen) atoms. The highest BCUT2D eigenvalue weighted by molar-refractivity contribution is 5.79. The molecular formula is C13H25NO. The van der Waals surface area contributed by atoms with Crippen molar-refractivity contribution in [2.24, 2.45) is 23.7 Å². The van der Waals surface area contributed by atoms with E-state index in [0.717, 1.165) is 13.0 Å². The van der Waals surface area contributed by atoms with Crippen LogP contribution < -0.4 is 5.32 Å². The lowest BCUT2D eigenvalue weighted by Crippen LogP contribution is -2.40. The Bertz CT molecular complexity index is 213. The van der Waals surface area contributed by atoms with Gasteiger partial charge in [0.25, 0.3) is 0 Å². The maximum absolute atomic E-state index is 11.9. The first-order chi connectivity index (χ1) is 7.06. The summed E-state index contributed by atoms with van der Waals surface area (Å²) in [6.07, 6.45) is 3.59. The van der Waals surface area contributed by atoms with Crippen molar-refractivity contribution in [3.8, 4) is 0 Å². The first-order valence-corrected chi connectivity index (χ1v) is 6.34. The number of carbonyl (C=O) groups excluding carboxylic acids is 1. The van der Waals surface area contributed by atoms with Crippen LogP contribution in [0.5, 0.6) is 0 Å². The summed E-state index contributed by atoms with van der Waals surface area (Å²) in [5, 5.41) is 2.98. The van der Waals surface area contributed by atoms with Gasteiger partial charge in [-0.3, -0.25) is 4.79 Å². The van der Waals surface area contributed by atoms with Crippen LogP contribution in [0.15, 0.2) is 0 Å². The van der Waals surface area contributed by atoms with E-state index in [-0.39, 0.29) is 11.8 Å². The zero-order valence-electron chi connectivity index (χ0n) is 10.5. The fourth-order valence-corrected chi connectivity index (χ4v) is 2.81. The van der Waals surface area contributed by atoms with E-state index in [1.165, 1.54) is 12.8 Å². The molecule has 0 bridgehead atoms. The van der Waals surface area contributed by atoms with Gasteiger partial charge in [-0.25, -0.2) is 0 Å². The quantitative estimate of drug-likeness (QED) is 0.764. The SMILES string of the molecule is CCNC(=O)[C@@H]1CC(C)CC[C@H]1C(C)C. The van der Waals surface area contributed by atoms with Crippen molar-refractivity contribution in [2.45, 2.75) is 47.0 Å². The molecule has 0 spiro atoms. The zero-order chi connectivity index (χ0) is 11.4. The van der Waals surface area contributed by atoms with Gasteiger partial charge >= 0.3 is 0 Å². The zero-order valence-corrected chi connectivity index (χ0v) is 10.5. The molecule has 0 aromatic carbocycles. The molecule has 1 fully saturated rings. The summed E-state index contributed by atoms with van der Waals surface area (Å²) in [5.74, 6) is 2.47. The van der Waals surface area contributed by atoms with Crippen molar-refractivity contribution in [3.63, 3.8) is 0 Å². The van der Waals surface area contributed by atoms with Gasteiger partial charge in [0.1, 0.15) is 0 Å². The van der Waals surface area contributed by atoms with Crippen LogP contribution in [0.4, 0.5) is 0 Å². The second-order valence-electron chi connectivity index (χ2n) is 5.33. The molecule has 0 aromatic heterocycles. The van der Waals surface area contributed by atoms with Gasteiger partial charge < -0.3 is 5.32 Å². The average Bonchev–Trinajstić information content (AvgIpc) is 2.17. The highest BCUT2D eigenvalue weighted by atomic mass is 16.1. The number of carbonyl (C=O) groups is 1. The lowest BCUT2D eigenvalue weighted by atomic mass is 9.70. The fraction of sp³-hybridized carbons (Fsp3) is 0.923. The van der Waals surface area contributed by atoms with Gasteiger partial charge in [-0.15, -0.1) is 0 Å². The first kappa shape index (κ1) is 12.5. The van der Waals surface area contributed by atoms with Gasteiger partial charge in [-0.1, -0.05) is 27.2 Å². The molecular weight excluding hydrogens is 186 g/mol. The lowest BCUT2D eigenvalue weighted by molar-refractivity contribution is -0.129. The molecule has 1 N–H and O–H groups in total. The van der Waals surface area contributed by atoms with Crippen molar-refractivity contribution in [1.82, 2.24) is 5.32 Å². The van der Waals surface area contributed by atoms with Crippen LogP contribution in [-0.4, -0.2) is 12.5 Å². The van der Waals surface area contributed by atoms with E-state index in [1.807, 2.05) is 6.92 Å². The number of amides is 1. The van der Waals surface area contributed by atoms with Crippen LogP contribution in [0.1, 0.15) is 47.0 Å². The Labute approximate surface area is 93.8 Å². The topological polar surface area (TPSA) is 29.1 Å². The molecule has 88 valence electrons. The predicted molar refractivity (Wildman–Crippen MR) is 63.5 cm³/mol. The molecule has 0 heterocycles. The summed E-state index contributed by atoms with van der Waals surface area (Å²) in [5.41, 5.74) is 0. The lowest BCUT2D eigenvalue weighted by Gasteiger charge is -2.36. The van der Waals surface area contributed by atoms with E-state index >= 15 is 0 Å². The second-order valence-corrected chi connectivity index (χ2v) is 5.33. The molecule has 0 aromatic rings. The van der Waals surface area contributed by atoms with E-state index < -0.39 is 0 Å². The Hall–Kier alpha value is -0.530. The minimum atomic E-state index is 0.258. The number of rotatable bonds is 3. The molecule has 2 nitrogen and oxygen atoms in total. The van der Waals surface area contributed by atoms with Crippen LogP contribution in [-0.2, 0) is 4.79 Å². The van der Waals surface area contributed by atoms with Crippen LogP contribution >= 0.6 is 0 Å². The van der Waals surface area contributed by atoms with E-state index in [0.29, 0.717) is 17.8 Å². The average molecular weight is 211 g/mol. The molecule has 2 heteroatoms. The molecule has 3 atom stereocenters. The molecule has 0 radical (unpaired) electrons. The predicted octanol–water partition coefficient (Wildman–Crippen LogP) is 2.83. The third-order valence-electron chi connectivity index (χ3n) is 3.71. The summed E-state index contributed by atoms with van der Waals surface area (Å²) in [4.78, 5) is 11.9. The van der Waals surface area contributed by atoms with Gasteiger partial charge in [0.15, 0.2) is 0 Å². The molecule has 1 aliphatic carbocycles. The van der Waals surface area contributed by atoms with Crippen molar-refractivity contribution in [2.75, 3.05) is 6.54 Å². The molecule has 1 aliphatic rings. The van der Waals surface area contributed by atoms with Gasteiger partial charge in [0.05, 0.1) is 0 Å². The summed E-state index contributed by atoms with van der Waals surface area (Å²) < 4.78 is 0. The Kier molecular flexibility index (Phi) is 4.62. The molecule has 1 amide bonds. The molecule has 1 unspecified atom stereocenters. The van der Waals surface area contributed by atoms with Gasteiger partial charge in [-0.05, 0) is 37.5 Å². The number of hydrogen-bond donors (Lipinski definition) is 1. The van der Waals surface area contributed by atoms with E-state index in [2.05, 4.69) is 26.1 Å². The van der Waals surface area contributed by atoms with E-state index in [4.69, 9.17) is 0 Å². The summed E-state index contributed by atoms with van der Waals surface area (Å²) in [6, 6.07) is 0. The monoisotopic (exact) mass is 211 g/mol. The summed E-state index contributed by atoms with van der Waals surface area (Å²) in [6.45, 7) is 9.51. The van der Waals surface area contributed by atoms with Crippen LogP contribution in [0.3, 0.4) is 0 Å². The van der Waals surface area contributed by atoms with E-state index in [1.54, 1.807) is 0 Å². The molecule has 1 rings (SSSR count). The highest BCUT2D eigenvalue weighted by Gasteiger charge is 2.34. The highest BCUT2D eigenvalue weighted by Crippen LogP contribution is 2.37. The van der Waals surface area contributed by atoms with Crippen molar-refractivity contribution < 1.29 is 4.79 Å². The normalized spacial score (nSPS) is 31.7. The Morgan fingerprint density at radius 1 is 1.40 bits per heavy atom. The number of nitrogens with one attached hydrogen (secondary N) is 1. The minimum absolute atomic E-state index is 0.258. The summed E-state index contributed by atoms with van der Waals surface area (Å²) >= 11 is 0. The smallest absolute Gasteiger partial charge is 0.223 e. The Balaban J connectivity index is 2.65. The van der Waals surface area contributed by atoms with Gasteiger partial charge in [-0.2, -0.15) is 0 Å². The van der Waals surface area contributed by atoms with Crippen molar-refractivity contribution in [1.29, 1.82) is 0 Å². The fourth-order valence-electron chi connectivity index (χ4n) is 2.81. The second kappa shape index (κ2) is 5.53. The summed E-state index contributed by atoms with van der Waals surface area (Å²) in [7, 11) is 0. The van der Waals surface area contributed by atoms with Crippen molar-refractivity contribution >= 4 is 5.91 Å². The van der Waals surface area contributed by atoms with Crippen LogP contribution in [0, 0.1) is 23.7 Å². The third-order valence-corrected chi connectivity index (χ3v) is 3.71. The third kappa shape index (κ3) is 3.22. The van der Waals surface area contributed by atoms with E-state index in [9.17, 15) is 4.79 Å². The largest absolute Gasteiger partial charge is 0.356 e. The first-order valence-electron chi connectivity index (χ1n) is 6.34. The maximum atomic E-state index is 11.9. The Morgan fingerprint density at radius 3 is 2.60 bits per heavy atom. The minimum Gasteiger partial charge on any atom is -0.356 e. The molecule has 0 saturated heterocycles. The Morgan fingerprint density at radius 2 is 2.07 bits per heavy atom.